The maximum atomic E-state index is 12.3. The maximum Gasteiger partial charge on any atom is 0.332 e. The SMILES string of the molecule is Cn1c(=O)c2c(nc(SCC(=O)NC[C@H]3CCCO3)n2C)n(C)c1=O. The third-order valence-corrected chi connectivity index (χ3v) is 5.35. The molecule has 0 unspecified atom stereocenters. The Morgan fingerprint density at radius 1 is 1.28 bits per heavy atom. The molecule has 2 aromatic rings. The predicted octanol–water partition coefficient (Wildman–Crippen LogP) is -0.642. The second kappa shape index (κ2) is 7.04. The number of carbonyl (C=O) groups is 1. The summed E-state index contributed by atoms with van der Waals surface area (Å²) in [5.74, 6) is 0.0624. The quantitative estimate of drug-likeness (QED) is 0.706. The number of hydrogen-bond acceptors (Lipinski definition) is 6. The van der Waals surface area contributed by atoms with E-state index in [1.165, 1.54) is 23.4 Å². The molecule has 1 aliphatic rings. The van der Waals surface area contributed by atoms with Gasteiger partial charge >= 0.3 is 5.69 Å². The van der Waals surface area contributed by atoms with Gasteiger partial charge in [-0.2, -0.15) is 0 Å². The highest BCUT2D eigenvalue weighted by Crippen LogP contribution is 2.19. The second-order valence-electron chi connectivity index (χ2n) is 6.06. The molecule has 0 aliphatic carbocycles. The minimum atomic E-state index is -0.429. The molecule has 1 amide bonds. The number of amides is 1. The number of fused-ring (bicyclic) bond motifs is 1. The molecule has 0 bridgehead atoms. The lowest BCUT2D eigenvalue weighted by atomic mass is 10.2. The van der Waals surface area contributed by atoms with Gasteiger partial charge < -0.3 is 14.6 Å². The van der Waals surface area contributed by atoms with E-state index in [-0.39, 0.29) is 17.8 Å². The number of rotatable bonds is 5. The van der Waals surface area contributed by atoms with E-state index in [0.29, 0.717) is 22.9 Å². The highest BCUT2D eigenvalue weighted by molar-refractivity contribution is 7.99. The molecule has 9 nitrogen and oxygen atoms in total. The zero-order valence-corrected chi connectivity index (χ0v) is 15.3. The van der Waals surface area contributed by atoms with Gasteiger partial charge in [0.25, 0.3) is 5.56 Å². The largest absolute Gasteiger partial charge is 0.376 e. The zero-order chi connectivity index (χ0) is 18.1. The molecule has 3 heterocycles. The Morgan fingerprint density at radius 2 is 2.04 bits per heavy atom. The number of imidazole rings is 1. The number of hydrogen-bond donors (Lipinski definition) is 1. The van der Waals surface area contributed by atoms with Gasteiger partial charge in [-0.1, -0.05) is 11.8 Å². The summed E-state index contributed by atoms with van der Waals surface area (Å²) in [6, 6.07) is 0. The van der Waals surface area contributed by atoms with E-state index in [2.05, 4.69) is 10.3 Å². The van der Waals surface area contributed by atoms with E-state index in [9.17, 15) is 14.4 Å². The molecule has 25 heavy (non-hydrogen) atoms. The van der Waals surface area contributed by atoms with Crippen LogP contribution in [0.5, 0.6) is 0 Å². The fraction of sp³-hybridized carbons (Fsp3) is 0.600. The first-order valence-electron chi connectivity index (χ1n) is 8.03. The summed E-state index contributed by atoms with van der Waals surface area (Å²) in [5, 5.41) is 3.36. The monoisotopic (exact) mass is 367 g/mol. The Morgan fingerprint density at radius 3 is 2.72 bits per heavy atom. The lowest BCUT2D eigenvalue weighted by Gasteiger charge is -2.10. The zero-order valence-electron chi connectivity index (χ0n) is 14.4. The lowest BCUT2D eigenvalue weighted by Crippen LogP contribution is -2.37. The first-order valence-corrected chi connectivity index (χ1v) is 9.02. The molecule has 136 valence electrons. The molecule has 0 spiro atoms. The van der Waals surface area contributed by atoms with Gasteiger partial charge in [0.15, 0.2) is 16.3 Å². The van der Waals surface area contributed by atoms with Gasteiger partial charge in [-0.3, -0.25) is 18.7 Å². The molecule has 10 heteroatoms. The average Bonchev–Trinajstić information content (AvgIpc) is 3.22. The van der Waals surface area contributed by atoms with Crippen LogP contribution in [0.3, 0.4) is 0 Å². The molecule has 1 fully saturated rings. The molecule has 0 saturated carbocycles. The Balaban J connectivity index is 1.73. The van der Waals surface area contributed by atoms with Crippen LogP contribution >= 0.6 is 11.8 Å². The molecular weight excluding hydrogens is 346 g/mol. The van der Waals surface area contributed by atoms with Crippen molar-refractivity contribution < 1.29 is 9.53 Å². The number of carbonyl (C=O) groups excluding carboxylic acids is 1. The van der Waals surface area contributed by atoms with Crippen molar-refractivity contribution in [1.29, 1.82) is 0 Å². The number of thioether (sulfide) groups is 1. The van der Waals surface area contributed by atoms with E-state index in [1.54, 1.807) is 18.7 Å². The van der Waals surface area contributed by atoms with Crippen LogP contribution in [0.4, 0.5) is 0 Å². The van der Waals surface area contributed by atoms with E-state index in [1.807, 2.05) is 0 Å². The van der Waals surface area contributed by atoms with Crippen LogP contribution in [-0.2, 0) is 30.7 Å². The van der Waals surface area contributed by atoms with Gasteiger partial charge in [-0.15, -0.1) is 0 Å². The van der Waals surface area contributed by atoms with E-state index >= 15 is 0 Å². The van der Waals surface area contributed by atoms with Crippen LogP contribution in [0.25, 0.3) is 11.2 Å². The molecule has 1 saturated heterocycles. The molecule has 2 aromatic heterocycles. The van der Waals surface area contributed by atoms with Crippen molar-refractivity contribution in [2.75, 3.05) is 18.9 Å². The van der Waals surface area contributed by atoms with Gasteiger partial charge in [-0.05, 0) is 12.8 Å². The summed E-state index contributed by atoms with van der Waals surface area (Å²) >= 11 is 1.23. The lowest BCUT2D eigenvalue weighted by molar-refractivity contribution is -0.119. The predicted molar refractivity (Wildman–Crippen MR) is 93.9 cm³/mol. The molecule has 1 aliphatic heterocycles. The molecule has 0 aromatic carbocycles. The number of aromatic nitrogens is 4. The molecule has 0 radical (unpaired) electrons. The summed E-state index contributed by atoms with van der Waals surface area (Å²) in [6.07, 6.45) is 2.10. The van der Waals surface area contributed by atoms with Gasteiger partial charge in [0.05, 0.1) is 11.9 Å². The van der Waals surface area contributed by atoms with Gasteiger partial charge in [0.2, 0.25) is 5.91 Å². The minimum absolute atomic E-state index is 0.0993. The normalized spacial score (nSPS) is 17.3. The standard InChI is InChI=1S/C15H21N5O4S/c1-18-11-12(19(2)15(23)20(3)13(11)22)17-14(18)25-8-10(21)16-7-9-5-4-6-24-9/h9H,4-8H2,1-3H3,(H,16,21)/t9-/m1/s1. The summed E-state index contributed by atoms with van der Waals surface area (Å²) < 4.78 is 9.47. The highest BCUT2D eigenvalue weighted by Gasteiger charge is 2.19. The molecule has 3 rings (SSSR count). The summed E-state index contributed by atoms with van der Waals surface area (Å²) in [7, 11) is 4.70. The highest BCUT2D eigenvalue weighted by atomic mass is 32.2. The first kappa shape index (κ1) is 17.7. The Bertz CT molecular complexity index is 923. The summed E-state index contributed by atoms with van der Waals surface area (Å²) in [5.41, 5.74) is -0.172. The first-order chi connectivity index (χ1) is 11.9. The van der Waals surface area contributed by atoms with Crippen molar-refractivity contribution in [2.45, 2.75) is 24.1 Å². The van der Waals surface area contributed by atoms with E-state index in [4.69, 9.17) is 4.74 Å². The summed E-state index contributed by atoms with van der Waals surface area (Å²) in [4.78, 5) is 40.7. The van der Waals surface area contributed by atoms with Crippen molar-refractivity contribution in [1.82, 2.24) is 24.0 Å². The average molecular weight is 367 g/mol. The maximum absolute atomic E-state index is 12.3. The van der Waals surface area contributed by atoms with Crippen LogP contribution in [0.15, 0.2) is 14.7 Å². The third-order valence-electron chi connectivity index (χ3n) is 4.32. The van der Waals surface area contributed by atoms with Crippen molar-refractivity contribution in [2.24, 2.45) is 21.1 Å². The summed E-state index contributed by atoms with van der Waals surface area (Å²) in [6.45, 7) is 1.26. The number of aryl methyl sites for hydroxylation is 2. The Labute approximate surface area is 148 Å². The van der Waals surface area contributed by atoms with Gasteiger partial charge in [0.1, 0.15) is 0 Å². The third kappa shape index (κ3) is 3.36. The van der Waals surface area contributed by atoms with Crippen LogP contribution in [0.1, 0.15) is 12.8 Å². The number of ether oxygens (including phenoxy) is 1. The van der Waals surface area contributed by atoms with Gasteiger partial charge in [0, 0.05) is 34.3 Å². The van der Waals surface area contributed by atoms with E-state index in [0.717, 1.165) is 24.0 Å². The van der Waals surface area contributed by atoms with Crippen LogP contribution < -0.4 is 16.6 Å². The van der Waals surface area contributed by atoms with Crippen LogP contribution in [-0.4, -0.2) is 49.6 Å². The van der Waals surface area contributed by atoms with Crippen LogP contribution in [0.2, 0.25) is 0 Å². The number of nitrogens with zero attached hydrogens (tertiary/aromatic N) is 4. The Kier molecular flexibility index (Phi) is 5.00. The minimum Gasteiger partial charge on any atom is -0.376 e. The van der Waals surface area contributed by atoms with E-state index < -0.39 is 11.2 Å². The Hall–Kier alpha value is -2.07. The second-order valence-corrected chi connectivity index (χ2v) is 7.00. The molecular formula is C15H21N5O4S. The van der Waals surface area contributed by atoms with Crippen molar-refractivity contribution in [3.63, 3.8) is 0 Å². The van der Waals surface area contributed by atoms with Crippen molar-refractivity contribution >= 4 is 28.8 Å². The van der Waals surface area contributed by atoms with Crippen molar-refractivity contribution in [3.8, 4) is 0 Å². The van der Waals surface area contributed by atoms with Crippen LogP contribution in [0, 0.1) is 0 Å². The topological polar surface area (TPSA) is 100 Å². The fourth-order valence-electron chi connectivity index (χ4n) is 2.84. The molecule has 1 N–H and O–H groups in total. The molecule has 1 atom stereocenters. The number of nitrogens with one attached hydrogen (secondary N) is 1. The smallest absolute Gasteiger partial charge is 0.332 e. The van der Waals surface area contributed by atoms with Crippen molar-refractivity contribution in [3.05, 3.63) is 20.8 Å². The fourth-order valence-corrected chi connectivity index (χ4v) is 3.64. The van der Waals surface area contributed by atoms with Gasteiger partial charge in [-0.25, -0.2) is 9.78 Å².